The molecule has 0 N–H and O–H groups in total. The molecular weight excluding hydrogens is 677 g/mol. The fourth-order valence-electron chi connectivity index (χ4n) is 8.15. The molecule has 0 atom stereocenters. The number of hydrogen-bond donors (Lipinski definition) is 0. The van der Waals surface area contributed by atoms with E-state index in [1.54, 1.807) is 0 Å². The molecule has 280 valence electrons. The Kier molecular flexibility index (Phi) is 10.2. The molecule has 0 saturated carbocycles. The topological polar surface area (TPSA) is 6.48 Å². The Labute approximate surface area is 334 Å². The Morgan fingerprint density at radius 2 is 0.536 bits per heavy atom. The van der Waals surface area contributed by atoms with Gasteiger partial charge in [0, 0.05) is 44.3 Å². The van der Waals surface area contributed by atoms with Gasteiger partial charge < -0.3 is 9.80 Å². The third-order valence-corrected chi connectivity index (χ3v) is 11.6. The molecule has 0 bridgehead atoms. The highest BCUT2D eigenvalue weighted by molar-refractivity contribution is 6.25. The van der Waals surface area contributed by atoms with Crippen LogP contribution in [0.3, 0.4) is 0 Å². The van der Waals surface area contributed by atoms with Crippen molar-refractivity contribution in [3.63, 3.8) is 0 Å². The first kappa shape index (κ1) is 37.1. The van der Waals surface area contributed by atoms with Crippen molar-refractivity contribution in [3.05, 3.63) is 180 Å². The summed E-state index contributed by atoms with van der Waals surface area (Å²) in [5, 5.41) is 7.27. The Morgan fingerprint density at radius 3 is 0.786 bits per heavy atom. The molecule has 0 aliphatic carbocycles. The first-order chi connectivity index (χ1) is 27.1. The minimum atomic E-state index is 0.449. The van der Waals surface area contributed by atoms with E-state index in [4.69, 9.17) is 0 Å². The SMILES string of the molecule is CC(C)c1ccc(N(c2ccc(C(C)C)cc2)c2c3ccccc3c(N(c3ccc(C(C)C)cc3)c3ccc(C(C)C)cc3)c3cc4ccccc4cc23)cc1. The van der Waals surface area contributed by atoms with Gasteiger partial charge in [0.05, 0.1) is 11.4 Å². The third-order valence-electron chi connectivity index (χ3n) is 11.6. The van der Waals surface area contributed by atoms with Crippen LogP contribution in [-0.2, 0) is 0 Å². The predicted molar refractivity (Wildman–Crippen MR) is 245 cm³/mol. The zero-order valence-electron chi connectivity index (χ0n) is 34.2. The highest BCUT2D eigenvalue weighted by Gasteiger charge is 2.26. The summed E-state index contributed by atoms with van der Waals surface area (Å²) in [7, 11) is 0. The van der Waals surface area contributed by atoms with Crippen LogP contribution in [0.1, 0.15) is 101 Å². The molecular formula is C54H54N2. The normalized spacial score (nSPS) is 11.9. The van der Waals surface area contributed by atoms with Gasteiger partial charge in [-0.15, -0.1) is 0 Å². The van der Waals surface area contributed by atoms with Crippen LogP contribution < -0.4 is 9.80 Å². The minimum Gasteiger partial charge on any atom is -0.309 e. The second-order valence-corrected chi connectivity index (χ2v) is 16.6. The van der Waals surface area contributed by atoms with E-state index in [-0.39, 0.29) is 0 Å². The van der Waals surface area contributed by atoms with Crippen molar-refractivity contribution >= 4 is 66.4 Å². The van der Waals surface area contributed by atoms with Gasteiger partial charge in [0.2, 0.25) is 0 Å². The fourth-order valence-corrected chi connectivity index (χ4v) is 8.15. The molecule has 0 amide bonds. The van der Waals surface area contributed by atoms with Crippen molar-refractivity contribution in [2.24, 2.45) is 0 Å². The van der Waals surface area contributed by atoms with Gasteiger partial charge in [-0.25, -0.2) is 0 Å². The molecule has 0 aliphatic rings. The molecule has 8 aromatic carbocycles. The van der Waals surface area contributed by atoms with E-state index in [0.717, 1.165) is 22.7 Å². The lowest BCUT2D eigenvalue weighted by atomic mass is 9.92. The Bertz CT molecular complexity index is 2320. The average Bonchev–Trinajstić information content (AvgIpc) is 3.21. The minimum absolute atomic E-state index is 0.449. The second-order valence-electron chi connectivity index (χ2n) is 16.6. The molecule has 56 heavy (non-hydrogen) atoms. The zero-order valence-corrected chi connectivity index (χ0v) is 34.2. The number of nitrogens with zero attached hydrogens (tertiary/aromatic N) is 2. The van der Waals surface area contributed by atoms with E-state index < -0.39 is 0 Å². The highest BCUT2D eigenvalue weighted by atomic mass is 15.2. The van der Waals surface area contributed by atoms with Crippen LogP contribution in [0.15, 0.2) is 158 Å². The predicted octanol–water partition coefficient (Wildman–Crippen LogP) is 16.6. The number of hydrogen-bond acceptors (Lipinski definition) is 2. The molecule has 8 rings (SSSR count). The standard InChI is InChI=1S/C54H54N2/c1-35(2)39-17-25-45(26-18-39)55(46-27-19-40(20-28-46)36(3)4)53-49-15-11-12-16-50(49)54(52-34-44-14-10-9-13-43(44)33-51(52)53)56(47-29-21-41(22-30-47)37(5)6)48-31-23-42(24-32-48)38(7)8/h9-38H,1-8H3. The summed E-state index contributed by atoms with van der Waals surface area (Å²) in [5.74, 6) is 1.80. The quantitative estimate of drug-likeness (QED) is 0.102. The van der Waals surface area contributed by atoms with Gasteiger partial charge in [0.1, 0.15) is 0 Å². The van der Waals surface area contributed by atoms with E-state index in [9.17, 15) is 0 Å². The maximum Gasteiger partial charge on any atom is 0.0620 e. The number of rotatable bonds is 10. The van der Waals surface area contributed by atoms with Crippen LogP contribution in [0.4, 0.5) is 34.1 Å². The largest absolute Gasteiger partial charge is 0.309 e. The van der Waals surface area contributed by atoms with E-state index in [1.807, 2.05) is 0 Å². The molecule has 8 aromatic rings. The summed E-state index contributed by atoms with van der Waals surface area (Å²) in [6.45, 7) is 18.1. The van der Waals surface area contributed by atoms with Crippen molar-refractivity contribution in [2.75, 3.05) is 9.80 Å². The van der Waals surface area contributed by atoms with E-state index in [0.29, 0.717) is 23.7 Å². The maximum absolute atomic E-state index is 2.50. The van der Waals surface area contributed by atoms with Gasteiger partial charge in [-0.2, -0.15) is 0 Å². The average molecular weight is 731 g/mol. The molecule has 0 heterocycles. The monoisotopic (exact) mass is 730 g/mol. The summed E-state index contributed by atoms with van der Waals surface area (Å²) in [4.78, 5) is 4.99. The van der Waals surface area contributed by atoms with Crippen LogP contribution in [0, 0.1) is 0 Å². The number of fused-ring (bicyclic) bond motifs is 3. The summed E-state index contributed by atoms with van der Waals surface area (Å²) >= 11 is 0. The molecule has 0 unspecified atom stereocenters. The lowest BCUT2D eigenvalue weighted by Gasteiger charge is -2.33. The fraction of sp³-hybridized carbons (Fsp3) is 0.222. The molecule has 0 aliphatic heterocycles. The number of benzene rings is 8. The summed E-state index contributed by atoms with van der Waals surface area (Å²) in [5.41, 5.74) is 12.3. The van der Waals surface area contributed by atoms with Gasteiger partial charge >= 0.3 is 0 Å². The maximum atomic E-state index is 2.50. The van der Waals surface area contributed by atoms with Crippen molar-refractivity contribution < 1.29 is 0 Å². The van der Waals surface area contributed by atoms with E-state index >= 15 is 0 Å². The molecule has 0 fully saturated rings. The summed E-state index contributed by atoms with van der Waals surface area (Å²) in [6, 6.07) is 59.5. The first-order valence-corrected chi connectivity index (χ1v) is 20.5. The molecule has 0 saturated heterocycles. The van der Waals surface area contributed by atoms with Gasteiger partial charge in [-0.1, -0.05) is 152 Å². The lowest BCUT2D eigenvalue weighted by Crippen LogP contribution is -2.15. The van der Waals surface area contributed by atoms with E-state index in [2.05, 4.69) is 223 Å². The molecule has 2 nitrogen and oxygen atoms in total. The Balaban J connectivity index is 1.50. The van der Waals surface area contributed by atoms with Crippen molar-refractivity contribution in [3.8, 4) is 0 Å². The number of anilines is 6. The van der Waals surface area contributed by atoms with E-state index in [1.165, 1.54) is 65.9 Å². The summed E-state index contributed by atoms with van der Waals surface area (Å²) < 4.78 is 0. The summed E-state index contributed by atoms with van der Waals surface area (Å²) in [6.07, 6.45) is 0. The van der Waals surface area contributed by atoms with Gasteiger partial charge in [0.15, 0.2) is 0 Å². The van der Waals surface area contributed by atoms with Crippen LogP contribution in [0.5, 0.6) is 0 Å². The highest BCUT2D eigenvalue weighted by Crippen LogP contribution is 2.52. The van der Waals surface area contributed by atoms with Crippen molar-refractivity contribution in [1.29, 1.82) is 0 Å². The Hall–Kier alpha value is -5.86. The molecule has 0 radical (unpaired) electrons. The van der Waals surface area contributed by atoms with Crippen molar-refractivity contribution in [2.45, 2.75) is 79.1 Å². The molecule has 2 heteroatoms. The smallest absolute Gasteiger partial charge is 0.0620 e. The third kappa shape index (κ3) is 6.94. The van der Waals surface area contributed by atoms with Crippen LogP contribution in [-0.4, -0.2) is 0 Å². The van der Waals surface area contributed by atoms with Gasteiger partial charge in [-0.05, 0) is 117 Å². The zero-order chi connectivity index (χ0) is 39.1. The lowest BCUT2D eigenvalue weighted by molar-refractivity contribution is 0.866. The van der Waals surface area contributed by atoms with Crippen LogP contribution in [0.25, 0.3) is 32.3 Å². The first-order valence-electron chi connectivity index (χ1n) is 20.5. The van der Waals surface area contributed by atoms with Crippen molar-refractivity contribution in [1.82, 2.24) is 0 Å². The van der Waals surface area contributed by atoms with Gasteiger partial charge in [0.25, 0.3) is 0 Å². The van der Waals surface area contributed by atoms with Crippen LogP contribution in [0.2, 0.25) is 0 Å². The molecule has 0 aromatic heterocycles. The molecule has 0 spiro atoms. The Morgan fingerprint density at radius 1 is 0.286 bits per heavy atom. The van der Waals surface area contributed by atoms with Crippen LogP contribution >= 0.6 is 0 Å². The van der Waals surface area contributed by atoms with Gasteiger partial charge in [-0.3, -0.25) is 0 Å². The second kappa shape index (κ2) is 15.3.